The maximum absolute atomic E-state index is 13.2. The molecule has 8 nitrogen and oxygen atoms in total. The Bertz CT molecular complexity index is 1080. The lowest BCUT2D eigenvalue weighted by molar-refractivity contribution is -0.140. The van der Waals surface area contributed by atoms with Gasteiger partial charge in [-0.1, -0.05) is 6.07 Å². The van der Waals surface area contributed by atoms with Crippen LogP contribution in [0.15, 0.2) is 48.0 Å². The Hall–Kier alpha value is -3.52. The Morgan fingerprint density at radius 3 is 2.14 bits per heavy atom. The fraction of sp³-hybridized carbons (Fsp3) is 0.407. The highest BCUT2D eigenvalue weighted by atomic mass is 16.5. The summed E-state index contributed by atoms with van der Waals surface area (Å²) < 4.78 is 16.9. The van der Waals surface area contributed by atoms with Crippen molar-refractivity contribution in [2.45, 2.75) is 26.8 Å². The minimum atomic E-state index is -0.767. The summed E-state index contributed by atoms with van der Waals surface area (Å²) in [6.45, 7) is 7.93. The third kappa shape index (κ3) is 5.77. The van der Waals surface area contributed by atoms with Gasteiger partial charge < -0.3 is 29.1 Å². The lowest BCUT2D eigenvalue weighted by Gasteiger charge is -2.27. The third-order valence-electron chi connectivity index (χ3n) is 5.65. The molecule has 0 aliphatic carbocycles. The van der Waals surface area contributed by atoms with Crippen LogP contribution in [0.1, 0.15) is 37.9 Å². The average molecular weight is 483 g/mol. The number of hydrogen-bond acceptors (Lipinski definition) is 7. The molecule has 1 N–H and O–H groups in total. The molecule has 1 aliphatic rings. The van der Waals surface area contributed by atoms with Crippen LogP contribution in [0.5, 0.6) is 17.2 Å². The number of Topliss-reactive ketones (excluding diaryl/α,β-unsaturated/α-hetero) is 1. The first-order valence-electron chi connectivity index (χ1n) is 11.9. The largest absolute Gasteiger partial charge is 0.507 e. The van der Waals surface area contributed by atoms with Crippen molar-refractivity contribution in [2.24, 2.45) is 0 Å². The van der Waals surface area contributed by atoms with Gasteiger partial charge >= 0.3 is 0 Å². The van der Waals surface area contributed by atoms with Crippen molar-refractivity contribution in [3.05, 3.63) is 59.2 Å². The number of ether oxygens (including phenoxy) is 3. The van der Waals surface area contributed by atoms with Gasteiger partial charge in [-0.05, 0) is 76.8 Å². The maximum Gasteiger partial charge on any atom is 0.295 e. The van der Waals surface area contributed by atoms with Gasteiger partial charge in [0.2, 0.25) is 0 Å². The van der Waals surface area contributed by atoms with Crippen LogP contribution in [0.2, 0.25) is 0 Å². The first-order chi connectivity index (χ1) is 16.8. The van der Waals surface area contributed by atoms with E-state index in [1.807, 2.05) is 39.8 Å². The molecule has 35 heavy (non-hydrogen) atoms. The Balaban J connectivity index is 2.14. The molecule has 1 amide bonds. The summed E-state index contributed by atoms with van der Waals surface area (Å²) in [7, 11) is 3.80. The molecule has 2 aromatic rings. The van der Waals surface area contributed by atoms with Crippen molar-refractivity contribution in [3.8, 4) is 17.2 Å². The topological polar surface area (TPSA) is 88.5 Å². The second-order valence-corrected chi connectivity index (χ2v) is 8.33. The Morgan fingerprint density at radius 2 is 1.54 bits per heavy atom. The van der Waals surface area contributed by atoms with E-state index in [2.05, 4.69) is 0 Å². The fourth-order valence-corrected chi connectivity index (χ4v) is 4.03. The van der Waals surface area contributed by atoms with E-state index in [0.29, 0.717) is 61.3 Å². The van der Waals surface area contributed by atoms with Gasteiger partial charge in [-0.3, -0.25) is 9.59 Å². The first-order valence-corrected chi connectivity index (χ1v) is 11.9. The third-order valence-corrected chi connectivity index (χ3v) is 5.65. The molecule has 2 aromatic carbocycles. The minimum absolute atomic E-state index is 0.0459. The molecule has 0 unspecified atom stereocenters. The van der Waals surface area contributed by atoms with Gasteiger partial charge in [0.1, 0.15) is 11.5 Å². The predicted molar refractivity (Wildman–Crippen MR) is 134 cm³/mol. The summed E-state index contributed by atoms with van der Waals surface area (Å²) in [5.74, 6) is 0.166. The van der Waals surface area contributed by atoms with Gasteiger partial charge in [0.15, 0.2) is 11.5 Å². The quantitative estimate of drug-likeness (QED) is 0.296. The molecule has 0 radical (unpaired) electrons. The summed E-state index contributed by atoms with van der Waals surface area (Å²) in [5.41, 5.74) is 1.13. The van der Waals surface area contributed by atoms with Crippen molar-refractivity contribution in [3.63, 3.8) is 0 Å². The average Bonchev–Trinajstić information content (AvgIpc) is 3.09. The molecular formula is C27H34N2O6. The number of nitrogens with zero attached hydrogens (tertiary/aromatic N) is 2. The van der Waals surface area contributed by atoms with Gasteiger partial charge in [-0.15, -0.1) is 0 Å². The van der Waals surface area contributed by atoms with E-state index in [1.54, 1.807) is 42.5 Å². The first kappa shape index (κ1) is 26.1. The molecule has 8 heteroatoms. The normalized spacial score (nSPS) is 17.2. The molecule has 1 atom stereocenters. The second-order valence-electron chi connectivity index (χ2n) is 8.33. The standard InChI is InChI=1S/C27H34N2O6/c1-6-33-20-12-9-18(10-13-20)25(30)23-24(29(16-15-28(4)5)27(32)26(23)31)19-11-14-21(34-7-2)22(17-19)35-8-3/h9-14,17,24,30H,6-8,15-16H2,1-5H3/t24-/m1/s1. The minimum Gasteiger partial charge on any atom is -0.507 e. The van der Waals surface area contributed by atoms with Crippen LogP contribution in [0.4, 0.5) is 0 Å². The number of rotatable bonds is 11. The molecule has 1 aliphatic heterocycles. The van der Waals surface area contributed by atoms with Gasteiger partial charge in [0, 0.05) is 18.7 Å². The van der Waals surface area contributed by atoms with Crippen LogP contribution in [0.3, 0.4) is 0 Å². The molecule has 1 fully saturated rings. The summed E-state index contributed by atoms with van der Waals surface area (Å²) in [4.78, 5) is 29.8. The van der Waals surface area contributed by atoms with Crippen molar-refractivity contribution in [1.82, 2.24) is 9.80 Å². The van der Waals surface area contributed by atoms with E-state index in [0.717, 1.165) is 0 Å². The second kappa shape index (κ2) is 11.8. The van der Waals surface area contributed by atoms with E-state index < -0.39 is 17.7 Å². The number of carbonyl (C=O) groups is 2. The van der Waals surface area contributed by atoms with Gasteiger partial charge in [-0.2, -0.15) is 0 Å². The lowest BCUT2D eigenvalue weighted by atomic mass is 9.95. The van der Waals surface area contributed by atoms with E-state index >= 15 is 0 Å². The van der Waals surface area contributed by atoms with Crippen molar-refractivity contribution in [1.29, 1.82) is 0 Å². The summed E-state index contributed by atoms with van der Waals surface area (Å²) in [5, 5.41) is 11.2. The number of aliphatic hydroxyl groups is 1. The van der Waals surface area contributed by atoms with Gasteiger partial charge in [0.05, 0.1) is 31.4 Å². The highest BCUT2D eigenvalue weighted by Gasteiger charge is 2.46. The number of amides is 1. The summed E-state index contributed by atoms with van der Waals surface area (Å²) in [6.07, 6.45) is 0. The van der Waals surface area contributed by atoms with Crippen LogP contribution in [0.25, 0.3) is 5.76 Å². The molecule has 0 spiro atoms. The number of aliphatic hydroxyl groups excluding tert-OH is 1. The Labute approximate surface area is 206 Å². The molecule has 1 saturated heterocycles. The maximum atomic E-state index is 13.2. The summed E-state index contributed by atoms with van der Waals surface area (Å²) >= 11 is 0. The predicted octanol–water partition coefficient (Wildman–Crippen LogP) is 3.87. The molecule has 0 bridgehead atoms. The number of carbonyl (C=O) groups excluding carboxylic acids is 2. The fourth-order valence-electron chi connectivity index (χ4n) is 4.03. The van der Waals surface area contributed by atoms with Crippen LogP contribution in [0, 0.1) is 0 Å². The van der Waals surface area contributed by atoms with E-state index in [1.165, 1.54) is 4.90 Å². The van der Waals surface area contributed by atoms with Gasteiger partial charge in [-0.25, -0.2) is 0 Å². The van der Waals surface area contributed by atoms with Crippen LogP contribution >= 0.6 is 0 Å². The SMILES string of the molecule is CCOc1ccc(C(O)=C2C(=O)C(=O)N(CCN(C)C)[C@@H]2c2ccc(OCC)c(OCC)c2)cc1. The lowest BCUT2D eigenvalue weighted by Crippen LogP contribution is -2.35. The molecular weight excluding hydrogens is 448 g/mol. The number of benzene rings is 2. The highest BCUT2D eigenvalue weighted by molar-refractivity contribution is 6.46. The van der Waals surface area contributed by atoms with Crippen molar-refractivity contribution >= 4 is 17.4 Å². The zero-order chi connectivity index (χ0) is 25.5. The van der Waals surface area contributed by atoms with Crippen LogP contribution < -0.4 is 14.2 Å². The summed E-state index contributed by atoms with van der Waals surface area (Å²) in [6, 6.07) is 11.4. The molecule has 0 saturated carbocycles. The molecule has 1 heterocycles. The number of ketones is 1. The highest BCUT2D eigenvalue weighted by Crippen LogP contribution is 2.42. The number of hydrogen-bond donors (Lipinski definition) is 1. The van der Waals surface area contributed by atoms with Crippen LogP contribution in [-0.4, -0.2) is 73.6 Å². The van der Waals surface area contributed by atoms with Crippen LogP contribution in [-0.2, 0) is 9.59 Å². The number of likely N-dealkylation sites (tertiary alicyclic amines) is 1. The smallest absolute Gasteiger partial charge is 0.295 e. The monoisotopic (exact) mass is 482 g/mol. The van der Waals surface area contributed by atoms with Crippen molar-refractivity contribution < 1.29 is 28.9 Å². The Morgan fingerprint density at radius 1 is 0.914 bits per heavy atom. The van der Waals surface area contributed by atoms with Crippen molar-refractivity contribution in [2.75, 3.05) is 47.0 Å². The zero-order valence-corrected chi connectivity index (χ0v) is 21.0. The van der Waals surface area contributed by atoms with E-state index in [-0.39, 0.29) is 11.3 Å². The zero-order valence-electron chi connectivity index (χ0n) is 21.0. The number of likely N-dealkylation sites (N-methyl/N-ethyl adjacent to an activating group) is 1. The van der Waals surface area contributed by atoms with E-state index in [4.69, 9.17) is 14.2 Å². The Kier molecular flexibility index (Phi) is 8.76. The molecule has 188 valence electrons. The van der Waals surface area contributed by atoms with Gasteiger partial charge in [0.25, 0.3) is 11.7 Å². The molecule has 3 rings (SSSR count). The molecule has 0 aromatic heterocycles. The van der Waals surface area contributed by atoms with E-state index in [9.17, 15) is 14.7 Å².